The minimum atomic E-state index is -1.53. The number of hydrogen-bond acceptors (Lipinski definition) is 3. The lowest BCUT2D eigenvalue weighted by atomic mass is 9.75. The van der Waals surface area contributed by atoms with Crippen molar-refractivity contribution in [3.8, 4) is 0 Å². The topological polar surface area (TPSA) is 104 Å². The largest absolute Gasteiger partial charge is 0.481 e. The second-order valence-electron chi connectivity index (χ2n) is 4.52. The van der Waals surface area contributed by atoms with E-state index >= 15 is 0 Å². The monoisotopic (exact) mass is 265 g/mol. The van der Waals surface area contributed by atoms with E-state index in [1.165, 1.54) is 32.1 Å². The SMILES string of the molecule is C=C(C)C(=O)NC1(C)C(C(=O)O)=CC=CC1C(=O)O. The van der Waals surface area contributed by atoms with E-state index in [9.17, 15) is 19.5 Å². The van der Waals surface area contributed by atoms with Gasteiger partial charge in [-0.25, -0.2) is 4.79 Å². The summed E-state index contributed by atoms with van der Waals surface area (Å²) in [5, 5.41) is 20.8. The summed E-state index contributed by atoms with van der Waals surface area (Å²) in [4.78, 5) is 34.2. The van der Waals surface area contributed by atoms with E-state index in [2.05, 4.69) is 11.9 Å². The summed E-state index contributed by atoms with van der Waals surface area (Å²) in [6, 6.07) is 0. The molecule has 0 bridgehead atoms. The Morgan fingerprint density at radius 1 is 1.37 bits per heavy atom. The first-order chi connectivity index (χ1) is 8.70. The Kier molecular flexibility index (Phi) is 3.94. The predicted molar refractivity (Wildman–Crippen MR) is 67.3 cm³/mol. The fourth-order valence-electron chi connectivity index (χ4n) is 1.91. The van der Waals surface area contributed by atoms with E-state index < -0.39 is 29.3 Å². The Labute approximate surface area is 110 Å². The molecule has 0 aliphatic heterocycles. The zero-order valence-corrected chi connectivity index (χ0v) is 10.6. The molecule has 1 aliphatic carbocycles. The summed E-state index contributed by atoms with van der Waals surface area (Å²) in [6.45, 7) is 6.27. The predicted octanol–water partition coefficient (Wildman–Crippen LogP) is 0.719. The summed E-state index contributed by atoms with van der Waals surface area (Å²) in [5.74, 6) is -4.24. The summed E-state index contributed by atoms with van der Waals surface area (Å²) < 4.78 is 0. The molecule has 0 aromatic rings. The lowest BCUT2D eigenvalue weighted by molar-refractivity contribution is -0.142. The van der Waals surface area contributed by atoms with Gasteiger partial charge in [0.05, 0.1) is 11.1 Å². The molecule has 2 unspecified atom stereocenters. The van der Waals surface area contributed by atoms with Crippen molar-refractivity contribution in [1.29, 1.82) is 0 Å². The van der Waals surface area contributed by atoms with E-state index in [4.69, 9.17) is 5.11 Å². The van der Waals surface area contributed by atoms with Crippen molar-refractivity contribution in [3.63, 3.8) is 0 Å². The second-order valence-corrected chi connectivity index (χ2v) is 4.52. The minimum Gasteiger partial charge on any atom is -0.481 e. The van der Waals surface area contributed by atoms with Crippen molar-refractivity contribution < 1.29 is 24.6 Å². The molecule has 1 rings (SSSR count). The van der Waals surface area contributed by atoms with E-state index in [0.717, 1.165) is 0 Å². The van der Waals surface area contributed by atoms with Crippen molar-refractivity contribution in [2.45, 2.75) is 19.4 Å². The zero-order chi connectivity index (χ0) is 14.8. The highest BCUT2D eigenvalue weighted by Gasteiger charge is 2.46. The molecule has 102 valence electrons. The molecule has 0 radical (unpaired) electrons. The Bertz CT molecular complexity index is 517. The number of amides is 1. The summed E-state index contributed by atoms with van der Waals surface area (Å²) in [5.41, 5.74) is -1.54. The van der Waals surface area contributed by atoms with Crippen molar-refractivity contribution in [2.75, 3.05) is 0 Å². The van der Waals surface area contributed by atoms with Gasteiger partial charge in [-0.1, -0.05) is 18.7 Å². The molecule has 3 N–H and O–H groups in total. The minimum absolute atomic E-state index is 0.171. The van der Waals surface area contributed by atoms with E-state index in [0.29, 0.717) is 0 Å². The summed E-state index contributed by atoms with van der Waals surface area (Å²) in [6.07, 6.45) is 3.98. The second kappa shape index (κ2) is 5.09. The van der Waals surface area contributed by atoms with E-state index in [1.54, 1.807) is 0 Å². The molecule has 0 aromatic heterocycles. The smallest absolute Gasteiger partial charge is 0.333 e. The summed E-state index contributed by atoms with van der Waals surface area (Å²) in [7, 11) is 0. The molecule has 19 heavy (non-hydrogen) atoms. The molecule has 0 saturated heterocycles. The van der Waals surface area contributed by atoms with Crippen LogP contribution in [0.1, 0.15) is 13.8 Å². The molecule has 0 fully saturated rings. The third-order valence-electron chi connectivity index (χ3n) is 3.01. The number of nitrogens with one attached hydrogen (secondary N) is 1. The van der Waals surface area contributed by atoms with Gasteiger partial charge in [0.1, 0.15) is 5.92 Å². The van der Waals surface area contributed by atoms with Crippen LogP contribution >= 0.6 is 0 Å². The number of carbonyl (C=O) groups is 3. The van der Waals surface area contributed by atoms with Gasteiger partial charge < -0.3 is 15.5 Å². The van der Waals surface area contributed by atoms with Gasteiger partial charge in [0.25, 0.3) is 0 Å². The number of carbonyl (C=O) groups excluding carboxylic acids is 1. The van der Waals surface area contributed by atoms with Gasteiger partial charge >= 0.3 is 11.9 Å². The number of carboxylic acid groups (broad SMARTS) is 2. The van der Waals surface area contributed by atoms with Gasteiger partial charge in [-0.3, -0.25) is 9.59 Å². The number of rotatable bonds is 4. The van der Waals surface area contributed by atoms with Crippen LogP contribution in [0.5, 0.6) is 0 Å². The quantitative estimate of drug-likeness (QED) is 0.650. The molecule has 1 amide bonds. The Morgan fingerprint density at radius 2 is 1.95 bits per heavy atom. The van der Waals surface area contributed by atoms with Crippen molar-refractivity contribution >= 4 is 17.8 Å². The Balaban J connectivity index is 3.26. The fraction of sp³-hybridized carbons (Fsp3) is 0.308. The molecule has 0 heterocycles. The first-order valence-electron chi connectivity index (χ1n) is 5.53. The highest BCUT2D eigenvalue weighted by Crippen LogP contribution is 2.31. The van der Waals surface area contributed by atoms with Gasteiger partial charge in [-0.2, -0.15) is 0 Å². The van der Waals surface area contributed by atoms with Gasteiger partial charge in [-0.05, 0) is 19.9 Å². The number of carboxylic acids is 2. The molecular formula is C13H15NO5. The van der Waals surface area contributed by atoms with Crippen molar-refractivity contribution in [2.24, 2.45) is 5.92 Å². The van der Waals surface area contributed by atoms with Crippen LogP contribution in [-0.2, 0) is 14.4 Å². The van der Waals surface area contributed by atoms with Crippen LogP contribution in [0.25, 0.3) is 0 Å². The maximum absolute atomic E-state index is 11.7. The van der Waals surface area contributed by atoms with Crippen LogP contribution < -0.4 is 5.32 Å². The molecule has 6 nitrogen and oxygen atoms in total. The van der Waals surface area contributed by atoms with Gasteiger partial charge in [-0.15, -0.1) is 0 Å². The average Bonchev–Trinajstić information content (AvgIpc) is 2.27. The average molecular weight is 265 g/mol. The van der Waals surface area contributed by atoms with E-state index in [1.807, 2.05) is 0 Å². The molecule has 0 spiro atoms. The van der Waals surface area contributed by atoms with Gasteiger partial charge in [0, 0.05) is 5.57 Å². The van der Waals surface area contributed by atoms with Crippen LogP contribution in [0.15, 0.2) is 36.0 Å². The van der Waals surface area contributed by atoms with Crippen molar-refractivity contribution in [3.05, 3.63) is 36.0 Å². The molecular weight excluding hydrogens is 250 g/mol. The van der Waals surface area contributed by atoms with Crippen molar-refractivity contribution in [1.82, 2.24) is 5.32 Å². The zero-order valence-electron chi connectivity index (χ0n) is 10.6. The Hall–Kier alpha value is -2.37. The molecule has 0 aromatic carbocycles. The standard InChI is InChI=1S/C13H15NO5/c1-7(2)10(15)14-13(3)8(11(16)17)5-4-6-9(13)12(18)19/h4-6,8H,1H2,2-3H3,(H,14,15)(H,16,17)(H,18,19). The molecule has 0 saturated carbocycles. The van der Waals surface area contributed by atoms with Crippen LogP contribution in [0.4, 0.5) is 0 Å². The van der Waals surface area contributed by atoms with E-state index in [-0.39, 0.29) is 11.1 Å². The first-order valence-corrected chi connectivity index (χ1v) is 5.53. The molecule has 1 aliphatic rings. The highest BCUT2D eigenvalue weighted by atomic mass is 16.4. The fourth-order valence-corrected chi connectivity index (χ4v) is 1.91. The highest BCUT2D eigenvalue weighted by molar-refractivity contribution is 5.98. The lowest BCUT2D eigenvalue weighted by Crippen LogP contribution is -2.57. The number of hydrogen-bond donors (Lipinski definition) is 3. The number of aliphatic carboxylic acids is 2. The van der Waals surface area contributed by atoms with Crippen LogP contribution in [0, 0.1) is 5.92 Å². The van der Waals surface area contributed by atoms with Gasteiger partial charge in [0.15, 0.2) is 0 Å². The lowest BCUT2D eigenvalue weighted by Gasteiger charge is -2.37. The molecule has 2 atom stereocenters. The third-order valence-corrected chi connectivity index (χ3v) is 3.01. The van der Waals surface area contributed by atoms with Crippen LogP contribution in [-0.4, -0.2) is 33.6 Å². The first kappa shape index (κ1) is 14.7. The third kappa shape index (κ3) is 2.73. The molecule has 6 heteroatoms. The maximum Gasteiger partial charge on any atom is 0.333 e. The normalized spacial score (nSPS) is 25.4. The van der Waals surface area contributed by atoms with Crippen LogP contribution in [0.2, 0.25) is 0 Å². The van der Waals surface area contributed by atoms with Gasteiger partial charge in [0.2, 0.25) is 5.91 Å². The summed E-state index contributed by atoms with van der Waals surface area (Å²) >= 11 is 0. The maximum atomic E-state index is 11.7. The number of allylic oxidation sites excluding steroid dienone is 2. The van der Waals surface area contributed by atoms with Crippen LogP contribution in [0.3, 0.4) is 0 Å². The Morgan fingerprint density at radius 3 is 2.37 bits per heavy atom.